The number of benzene rings is 1. The number of rotatable bonds is 5. The van der Waals surface area contributed by atoms with E-state index in [1.165, 1.54) is 16.7 Å². The van der Waals surface area contributed by atoms with Crippen molar-refractivity contribution < 1.29 is 4.74 Å². The van der Waals surface area contributed by atoms with Crippen molar-refractivity contribution in [3.63, 3.8) is 0 Å². The fraction of sp³-hybridized carbons (Fsp3) is 0.389. The van der Waals surface area contributed by atoms with Gasteiger partial charge in [0.2, 0.25) is 0 Å². The summed E-state index contributed by atoms with van der Waals surface area (Å²) in [5.41, 5.74) is 5.65. The van der Waals surface area contributed by atoms with Gasteiger partial charge in [0, 0.05) is 43.8 Å². The van der Waals surface area contributed by atoms with Crippen LogP contribution in [0.4, 0.5) is 0 Å². The minimum atomic E-state index is 0.124. The lowest BCUT2D eigenvalue weighted by atomic mass is 10.0. The van der Waals surface area contributed by atoms with Crippen LogP contribution in [0.1, 0.15) is 22.7 Å². The third-order valence-electron chi connectivity index (χ3n) is 4.88. The maximum absolute atomic E-state index is 5.68. The van der Waals surface area contributed by atoms with Gasteiger partial charge >= 0.3 is 0 Å². The quantitative estimate of drug-likeness (QED) is 0.744. The highest BCUT2D eigenvalue weighted by Crippen LogP contribution is 2.30. The van der Waals surface area contributed by atoms with Crippen LogP contribution < -0.4 is 0 Å². The van der Waals surface area contributed by atoms with Gasteiger partial charge < -0.3 is 4.74 Å². The van der Waals surface area contributed by atoms with E-state index < -0.39 is 0 Å². The Morgan fingerprint density at radius 1 is 1.24 bits per heavy atom. The van der Waals surface area contributed by atoms with Crippen LogP contribution in [0.5, 0.6) is 0 Å². The second-order valence-corrected chi connectivity index (χ2v) is 6.61. The van der Waals surface area contributed by atoms with E-state index in [0.29, 0.717) is 0 Å². The maximum atomic E-state index is 5.68. The number of ether oxygens (including phenoxy) is 1. The van der Waals surface area contributed by atoms with Gasteiger partial charge in [-0.3, -0.25) is 10.00 Å². The van der Waals surface area contributed by atoms with Gasteiger partial charge in [0.25, 0.3) is 0 Å². The molecule has 1 aromatic carbocycles. The van der Waals surface area contributed by atoms with Gasteiger partial charge in [-0.15, -0.1) is 0 Å². The van der Waals surface area contributed by atoms with Crippen LogP contribution in [0.25, 0.3) is 11.3 Å². The summed E-state index contributed by atoms with van der Waals surface area (Å²) >= 11 is 0. The smallest absolute Gasteiger partial charge is 0.0894 e. The van der Waals surface area contributed by atoms with Crippen LogP contribution in [0.3, 0.4) is 0 Å². The molecule has 0 bridgehead atoms. The first kappa shape index (κ1) is 16.0. The first-order valence-electron chi connectivity index (χ1n) is 8.44. The molecule has 7 nitrogen and oxygen atoms in total. The molecular weight excluding hydrogens is 316 g/mol. The van der Waals surface area contributed by atoms with E-state index in [9.17, 15) is 0 Å². The Balaban J connectivity index is 1.53. The SMILES string of the molecule is CO[C@@H]1CN(Cc2cn[nH]c2-c2cccc(C)c2)C[C@H]1c1cn[nH]n1. The third kappa shape index (κ3) is 3.20. The molecule has 2 N–H and O–H groups in total. The molecule has 0 spiro atoms. The van der Waals surface area contributed by atoms with Gasteiger partial charge in [-0.1, -0.05) is 23.8 Å². The largest absolute Gasteiger partial charge is 0.379 e. The minimum absolute atomic E-state index is 0.124. The van der Waals surface area contributed by atoms with E-state index in [-0.39, 0.29) is 12.0 Å². The number of methoxy groups -OCH3 is 1. The molecule has 0 radical (unpaired) electrons. The summed E-state index contributed by atoms with van der Waals surface area (Å²) in [4.78, 5) is 2.39. The Kier molecular flexibility index (Phi) is 4.33. The van der Waals surface area contributed by atoms with Crippen LogP contribution >= 0.6 is 0 Å². The van der Waals surface area contributed by atoms with E-state index >= 15 is 0 Å². The lowest BCUT2D eigenvalue weighted by Crippen LogP contribution is -2.22. The van der Waals surface area contributed by atoms with Crippen molar-refractivity contribution in [3.05, 3.63) is 53.5 Å². The molecular formula is C18H22N6O. The molecule has 3 heterocycles. The van der Waals surface area contributed by atoms with Crippen molar-refractivity contribution in [1.82, 2.24) is 30.5 Å². The Hall–Kier alpha value is -2.51. The Labute approximate surface area is 146 Å². The lowest BCUT2D eigenvalue weighted by Gasteiger charge is -2.15. The first-order valence-corrected chi connectivity index (χ1v) is 8.44. The molecule has 1 saturated heterocycles. The topological polar surface area (TPSA) is 82.7 Å². The standard InChI is InChI=1S/C18H22N6O/c1-12-4-3-5-13(6-12)18-14(7-19-22-18)9-24-10-15(17(11-24)25-2)16-8-20-23-21-16/h3-8,15,17H,9-11H2,1-2H3,(H,19,22)(H,20,21,23)/t15-,17+/m0/s1. The van der Waals surface area contributed by atoms with Crippen molar-refractivity contribution >= 4 is 0 Å². The molecule has 25 heavy (non-hydrogen) atoms. The number of aryl methyl sites for hydroxylation is 1. The fourth-order valence-electron chi connectivity index (χ4n) is 3.62. The summed E-state index contributed by atoms with van der Waals surface area (Å²) in [6, 6.07) is 8.47. The monoisotopic (exact) mass is 338 g/mol. The van der Waals surface area contributed by atoms with E-state index in [2.05, 4.69) is 61.7 Å². The predicted molar refractivity (Wildman–Crippen MR) is 94.0 cm³/mol. The molecule has 7 heteroatoms. The molecule has 0 saturated carbocycles. The number of likely N-dealkylation sites (tertiary alicyclic amines) is 1. The summed E-state index contributed by atoms with van der Waals surface area (Å²) in [6.45, 7) is 4.69. The third-order valence-corrected chi connectivity index (χ3v) is 4.88. The maximum Gasteiger partial charge on any atom is 0.0894 e. The number of nitrogens with zero attached hydrogens (tertiary/aromatic N) is 4. The van der Waals surface area contributed by atoms with E-state index in [1.807, 2.05) is 6.20 Å². The first-order chi connectivity index (χ1) is 12.2. The van der Waals surface area contributed by atoms with Crippen LogP contribution in [0.15, 0.2) is 36.7 Å². The average molecular weight is 338 g/mol. The number of nitrogens with one attached hydrogen (secondary N) is 2. The van der Waals surface area contributed by atoms with Crippen LogP contribution in [0, 0.1) is 6.92 Å². The second-order valence-electron chi connectivity index (χ2n) is 6.61. The molecule has 0 amide bonds. The van der Waals surface area contributed by atoms with Crippen LogP contribution in [-0.2, 0) is 11.3 Å². The molecule has 2 aromatic heterocycles. The Morgan fingerprint density at radius 2 is 2.16 bits per heavy atom. The highest BCUT2D eigenvalue weighted by atomic mass is 16.5. The fourth-order valence-corrected chi connectivity index (χ4v) is 3.62. The molecule has 4 rings (SSSR count). The van der Waals surface area contributed by atoms with Gasteiger partial charge in [0.05, 0.1) is 29.9 Å². The molecule has 3 aromatic rings. The number of aromatic amines is 2. The van der Waals surface area contributed by atoms with Gasteiger partial charge in [-0.2, -0.15) is 20.5 Å². The highest BCUT2D eigenvalue weighted by molar-refractivity contribution is 5.63. The van der Waals surface area contributed by atoms with Crippen LogP contribution in [-0.4, -0.2) is 56.8 Å². The summed E-state index contributed by atoms with van der Waals surface area (Å²) < 4.78 is 5.68. The molecule has 0 aliphatic carbocycles. The number of aromatic nitrogens is 5. The van der Waals surface area contributed by atoms with Gasteiger partial charge in [0.15, 0.2) is 0 Å². The highest BCUT2D eigenvalue weighted by Gasteiger charge is 2.35. The van der Waals surface area contributed by atoms with Crippen molar-refractivity contribution in [1.29, 1.82) is 0 Å². The average Bonchev–Trinajstić information content (AvgIpc) is 3.35. The summed E-state index contributed by atoms with van der Waals surface area (Å²) in [6.07, 6.45) is 3.83. The Bertz CT molecular complexity index is 828. The van der Waals surface area contributed by atoms with Gasteiger partial charge in [0.1, 0.15) is 0 Å². The molecule has 1 aliphatic rings. The molecule has 1 fully saturated rings. The van der Waals surface area contributed by atoms with Crippen molar-refractivity contribution in [2.75, 3.05) is 20.2 Å². The van der Waals surface area contributed by atoms with Crippen LogP contribution in [0.2, 0.25) is 0 Å². The van der Waals surface area contributed by atoms with Crippen molar-refractivity contribution in [2.24, 2.45) is 0 Å². The van der Waals surface area contributed by atoms with E-state index in [4.69, 9.17) is 4.74 Å². The van der Waals surface area contributed by atoms with Crippen molar-refractivity contribution in [3.8, 4) is 11.3 Å². The zero-order chi connectivity index (χ0) is 17.2. The zero-order valence-electron chi connectivity index (χ0n) is 14.4. The molecule has 0 unspecified atom stereocenters. The Morgan fingerprint density at radius 3 is 2.92 bits per heavy atom. The van der Waals surface area contributed by atoms with Crippen molar-refractivity contribution in [2.45, 2.75) is 25.5 Å². The lowest BCUT2D eigenvalue weighted by molar-refractivity contribution is 0.0957. The minimum Gasteiger partial charge on any atom is -0.379 e. The van der Waals surface area contributed by atoms with E-state index in [0.717, 1.165) is 31.0 Å². The number of hydrogen-bond acceptors (Lipinski definition) is 5. The zero-order valence-corrected chi connectivity index (χ0v) is 14.4. The predicted octanol–water partition coefficient (Wildman–Crippen LogP) is 2.12. The number of H-pyrrole nitrogens is 2. The van der Waals surface area contributed by atoms with Gasteiger partial charge in [-0.25, -0.2) is 0 Å². The molecule has 1 aliphatic heterocycles. The number of hydrogen-bond donors (Lipinski definition) is 2. The molecule has 2 atom stereocenters. The summed E-state index contributed by atoms with van der Waals surface area (Å²) in [5.74, 6) is 0.234. The summed E-state index contributed by atoms with van der Waals surface area (Å²) in [7, 11) is 1.76. The molecule has 130 valence electrons. The van der Waals surface area contributed by atoms with E-state index in [1.54, 1.807) is 13.3 Å². The normalized spacial score (nSPS) is 21.0. The second kappa shape index (κ2) is 6.78. The van der Waals surface area contributed by atoms with Gasteiger partial charge in [-0.05, 0) is 13.0 Å². The summed E-state index contributed by atoms with van der Waals surface area (Å²) in [5, 5.41) is 18.3.